The van der Waals surface area contributed by atoms with E-state index in [4.69, 9.17) is 4.74 Å². The van der Waals surface area contributed by atoms with Gasteiger partial charge in [0.05, 0.1) is 17.6 Å². The quantitative estimate of drug-likeness (QED) is 0.385. The Morgan fingerprint density at radius 1 is 0.917 bits per heavy atom. The summed E-state index contributed by atoms with van der Waals surface area (Å²) in [5.41, 5.74) is 1.08. The highest BCUT2D eigenvalue weighted by atomic mass is 32.2. The summed E-state index contributed by atoms with van der Waals surface area (Å²) in [6, 6.07) is 19.9. The minimum Gasteiger partial charge on any atom is -0.497 e. The lowest BCUT2D eigenvalue weighted by atomic mass is 10.1. The number of pyridine rings is 1. The van der Waals surface area contributed by atoms with Gasteiger partial charge in [0, 0.05) is 41.4 Å². The first-order valence-electron chi connectivity index (χ1n) is 11.5. The van der Waals surface area contributed by atoms with Gasteiger partial charge in [-0.05, 0) is 54.6 Å². The molecule has 1 heterocycles. The SMILES string of the molecule is CCN(CC)S(=O)(=O)c1ccc(NC(=O)c2cn(-c3ccc(OC)cc3)c(=O)c3ccccc23)cc1. The molecule has 0 aliphatic carbocycles. The van der Waals surface area contributed by atoms with E-state index in [2.05, 4.69) is 5.32 Å². The van der Waals surface area contributed by atoms with E-state index < -0.39 is 15.9 Å². The summed E-state index contributed by atoms with van der Waals surface area (Å²) < 4.78 is 33.5. The molecule has 4 aromatic rings. The maximum absolute atomic E-state index is 13.3. The van der Waals surface area contributed by atoms with Gasteiger partial charge in [0.25, 0.3) is 11.5 Å². The number of carbonyl (C=O) groups is 1. The Morgan fingerprint density at radius 2 is 1.53 bits per heavy atom. The molecular weight excluding hydrogens is 478 g/mol. The van der Waals surface area contributed by atoms with Crippen LogP contribution in [-0.2, 0) is 10.0 Å². The maximum Gasteiger partial charge on any atom is 0.262 e. The lowest BCUT2D eigenvalue weighted by molar-refractivity contribution is 0.102. The van der Waals surface area contributed by atoms with Gasteiger partial charge in [-0.3, -0.25) is 14.2 Å². The van der Waals surface area contributed by atoms with Gasteiger partial charge >= 0.3 is 0 Å². The third-order valence-electron chi connectivity index (χ3n) is 5.98. The van der Waals surface area contributed by atoms with E-state index in [0.717, 1.165) is 0 Å². The van der Waals surface area contributed by atoms with E-state index in [0.29, 0.717) is 46.5 Å². The number of rotatable bonds is 8. The molecule has 1 amide bonds. The summed E-state index contributed by atoms with van der Waals surface area (Å²) in [5.74, 6) is 0.227. The zero-order chi connectivity index (χ0) is 25.9. The number of anilines is 1. The van der Waals surface area contributed by atoms with Crippen LogP contribution in [0.4, 0.5) is 5.69 Å². The second-order valence-corrected chi connectivity index (χ2v) is 9.97. The van der Waals surface area contributed by atoms with Crippen molar-refractivity contribution in [3.05, 3.63) is 94.9 Å². The molecule has 3 aromatic carbocycles. The van der Waals surface area contributed by atoms with Crippen LogP contribution in [0.1, 0.15) is 24.2 Å². The zero-order valence-electron chi connectivity index (χ0n) is 20.3. The molecule has 9 heteroatoms. The Labute approximate surface area is 209 Å². The number of fused-ring (bicyclic) bond motifs is 1. The Balaban J connectivity index is 1.70. The molecule has 1 N–H and O–H groups in total. The first kappa shape index (κ1) is 25.2. The molecule has 0 saturated carbocycles. The van der Waals surface area contributed by atoms with E-state index in [-0.39, 0.29) is 10.5 Å². The molecule has 36 heavy (non-hydrogen) atoms. The number of amides is 1. The van der Waals surface area contributed by atoms with Crippen LogP contribution in [0.5, 0.6) is 5.75 Å². The van der Waals surface area contributed by atoms with Crippen LogP contribution < -0.4 is 15.6 Å². The average molecular weight is 506 g/mol. The van der Waals surface area contributed by atoms with Crippen LogP contribution >= 0.6 is 0 Å². The summed E-state index contributed by atoms with van der Waals surface area (Å²) in [6.45, 7) is 4.30. The Hall–Kier alpha value is -3.95. The third-order valence-corrected chi connectivity index (χ3v) is 8.04. The monoisotopic (exact) mass is 505 g/mol. The van der Waals surface area contributed by atoms with Crippen molar-refractivity contribution in [2.75, 3.05) is 25.5 Å². The topological polar surface area (TPSA) is 97.7 Å². The predicted octanol–water partition coefficient (Wildman–Crippen LogP) is 4.28. The molecule has 0 fully saturated rings. The minimum atomic E-state index is -3.60. The number of methoxy groups -OCH3 is 1. The van der Waals surface area contributed by atoms with Gasteiger partial charge < -0.3 is 10.1 Å². The van der Waals surface area contributed by atoms with Crippen molar-refractivity contribution in [3.63, 3.8) is 0 Å². The molecule has 0 atom stereocenters. The minimum absolute atomic E-state index is 0.155. The molecule has 0 bridgehead atoms. The van der Waals surface area contributed by atoms with Crippen molar-refractivity contribution in [1.29, 1.82) is 0 Å². The Morgan fingerprint density at radius 3 is 2.11 bits per heavy atom. The fourth-order valence-electron chi connectivity index (χ4n) is 4.03. The van der Waals surface area contributed by atoms with E-state index in [1.165, 1.54) is 27.2 Å². The molecule has 1 aromatic heterocycles. The number of ether oxygens (including phenoxy) is 1. The van der Waals surface area contributed by atoms with Crippen molar-refractivity contribution in [1.82, 2.24) is 8.87 Å². The van der Waals surface area contributed by atoms with Crippen molar-refractivity contribution >= 4 is 32.4 Å². The van der Waals surface area contributed by atoms with E-state index in [9.17, 15) is 18.0 Å². The van der Waals surface area contributed by atoms with Crippen LogP contribution in [0.25, 0.3) is 16.5 Å². The number of sulfonamides is 1. The summed E-state index contributed by atoms with van der Waals surface area (Å²) >= 11 is 0. The predicted molar refractivity (Wildman–Crippen MR) is 141 cm³/mol. The van der Waals surface area contributed by atoms with Gasteiger partial charge in [0.1, 0.15) is 5.75 Å². The maximum atomic E-state index is 13.3. The standard InChI is InChI=1S/C27H27N3O5S/c1-4-29(5-2)36(33,34)22-16-10-19(11-17-22)28-26(31)25-18-30(20-12-14-21(35-3)15-13-20)27(32)24-9-7-6-8-23(24)25/h6-18H,4-5H2,1-3H3,(H,28,31). The number of hydrogen-bond donors (Lipinski definition) is 1. The van der Waals surface area contributed by atoms with E-state index in [1.54, 1.807) is 81.6 Å². The lowest BCUT2D eigenvalue weighted by Gasteiger charge is -2.18. The van der Waals surface area contributed by atoms with Gasteiger partial charge in [-0.15, -0.1) is 0 Å². The first-order chi connectivity index (χ1) is 17.3. The van der Waals surface area contributed by atoms with Crippen molar-refractivity contribution < 1.29 is 17.9 Å². The molecule has 8 nitrogen and oxygen atoms in total. The van der Waals surface area contributed by atoms with E-state index >= 15 is 0 Å². The highest BCUT2D eigenvalue weighted by Crippen LogP contribution is 2.22. The Kier molecular flexibility index (Phi) is 7.23. The van der Waals surface area contributed by atoms with Gasteiger partial charge in [-0.1, -0.05) is 32.0 Å². The fraction of sp³-hybridized carbons (Fsp3) is 0.185. The van der Waals surface area contributed by atoms with Crippen LogP contribution in [0, 0.1) is 0 Å². The molecule has 186 valence electrons. The number of hydrogen-bond acceptors (Lipinski definition) is 5. The van der Waals surface area contributed by atoms with Crippen molar-refractivity contribution in [2.24, 2.45) is 0 Å². The summed E-state index contributed by atoms with van der Waals surface area (Å²) in [4.78, 5) is 26.7. The molecule has 0 saturated heterocycles. The van der Waals surface area contributed by atoms with Crippen molar-refractivity contribution in [2.45, 2.75) is 18.7 Å². The van der Waals surface area contributed by atoms with Gasteiger partial charge in [0.15, 0.2) is 0 Å². The lowest BCUT2D eigenvalue weighted by Crippen LogP contribution is -2.30. The molecule has 0 radical (unpaired) electrons. The number of carbonyl (C=O) groups excluding carboxylic acids is 1. The average Bonchev–Trinajstić information content (AvgIpc) is 2.90. The molecule has 0 spiro atoms. The molecule has 0 aliphatic rings. The summed E-state index contributed by atoms with van der Waals surface area (Å²) in [6.07, 6.45) is 1.51. The number of nitrogens with zero attached hydrogens (tertiary/aromatic N) is 2. The van der Waals surface area contributed by atoms with Crippen LogP contribution in [0.15, 0.2) is 88.7 Å². The summed E-state index contributed by atoms with van der Waals surface area (Å²) in [7, 11) is -2.04. The highest BCUT2D eigenvalue weighted by Gasteiger charge is 2.22. The summed E-state index contributed by atoms with van der Waals surface area (Å²) in [5, 5.41) is 3.74. The second kappa shape index (κ2) is 10.3. The smallest absolute Gasteiger partial charge is 0.262 e. The molecule has 4 rings (SSSR count). The third kappa shape index (κ3) is 4.75. The van der Waals surface area contributed by atoms with E-state index in [1.807, 2.05) is 0 Å². The zero-order valence-corrected chi connectivity index (χ0v) is 21.1. The number of aromatic nitrogens is 1. The molecule has 0 unspecified atom stereocenters. The van der Waals surface area contributed by atoms with Gasteiger partial charge in [-0.25, -0.2) is 8.42 Å². The normalized spacial score (nSPS) is 11.6. The number of benzene rings is 3. The largest absolute Gasteiger partial charge is 0.497 e. The Bertz CT molecular complexity index is 1560. The molecule has 0 aliphatic heterocycles. The number of nitrogens with one attached hydrogen (secondary N) is 1. The van der Waals surface area contributed by atoms with Crippen LogP contribution in [-0.4, -0.2) is 43.4 Å². The fourth-order valence-corrected chi connectivity index (χ4v) is 5.49. The van der Waals surface area contributed by atoms with Crippen LogP contribution in [0.3, 0.4) is 0 Å². The van der Waals surface area contributed by atoms with Crippen molar-refractivity contribution in [3.8, 4) is 11.4 Å². The second-order valence-electron chi connectivity index (χ2n) is 8.03. The van der Waals surface area contributed by atoms with Gasteiger partial charge in [0.2, 0.25) is 10.0 Å². The highest BCUT2D eigenvalue weighted by molar-refractivity contribution is 7.89. The van der Waals surface area contributed by atoms with Crippen LogP contribution in [0.2, 0.25) is 0 Å². The van der Waals surface area contributed by atoms with Gasteiger partial charge in [-0.2, -0.15) is 4.31 Å². The molecular formula is C27H27N3O5S. The first-order valence-corrected chi connectivity index (χ1v) is 12.9.